The summed E-state index contributed by atoms with van der Waals surface area (Å²) in [5.41, 5.74) is 2.68. The Labute approximate surface area is 179 Å². The summed E-state index contributed by atoms with van der Waals surface area (Å²) in [5.74, 6) is -0.413. The van der Waals surface area contributed by atoms with Gasteiger partial charge in [-0.3, -0.25) is 4.79 Å². The van der Waals surface area contributed by atoms with E-state index >= 15 is 0 Å². The predicted octanol–water partition coefficient (Wildman–Crippen LogP) is 5.91. The molecule has 1 N–H and O–H groups in total. The van der Waals surface area contributed by atoms with Crippen LogP contribution in [0.5, 0.6) is 5.75 Å². The summed E-state index contributed by atoms with van der Waals surface area (Å²) >= 11 is 6.10. The number of rotatable bonds is 6. The van der Waals surface area contributed by atoms with Crippen molar-refractivity contribution in [3.8, 4) is 11.8 Å². The number of halogens is 2. The van der Waals surface area contributed by atoms with Crippen molar-refractivity contribution < 1.29 is 13.9 Å². The van der Waals surface area contributed by atoms with Crippen LogP contribution < -0.4 is 10.1 Å². The van der Waals surface area contributed by atoms with Crippen LogP contribution in [-0.2, 0) is 11.4 Å². The van der Waals surface area contributed by atoms with Crippen LogP contribution in [0.3, 0.4) is 0 Å². The largest absolute Gasteiger partial charge is 0.488 e. The van der Waals surface area contributed by atoms with Crippen LogP contribution in [-0.4, -0.2) is 5.91 Å². The Morgan fingerprint density at radius 3 is 2.60 bits per heavy atom. The van der Waals surface area contributed by atoms with Gasteiger partial charge in [-0.2, -0.15) is 5.26 Å². The van der Waals surface area contributed by atoms with Gasteiger partial charge < -0.3 is 10.1 Å². The first-order valence-electron chi connectivity index (χ1n) is 9.12. The standard InChI is InChI=1S/C24H18ClFN2O2/c1-16-4-2-3-5-22(16)28-24(29)19(14-27)12-18-13-20(25)8-11-23(18)30-15-17-6-9-21(26)10-7-17/h2-13H,15H2,1H3,(H,28,29)/b19-12+. The van der Waals surface area contributed by atoms with Gasteiger partial charge in [0.25, 0.3) is 5.91 Å². The molecule has 0 unspecified atom stereocenters. The summed E-state index contributed by atoms with van der Waals surface area (Å²) in [6.07, 6.45) is 1.43. The maximum atomic E-state index is 13.1. The van der Waals surface area contributed by atoms with E-state index < -0.39 is 5.91 Å². The molecule has 3 rings (SSSR count). The van der Waals surface area contributed by atoms with Gasteiger partial charge in [-0.25, -0.2) is 4.39 Å². The molecule has 0 aliphatic carbocycles. The number of nitrogens with zero attached hydrogens (tertiary/aromatic N) is 1. The van der Waals surface area contributed by atoms with Gasteiger partial charge in [-0.1, -0.05) is 41.9 Å². The zero-order chi connectivity index (χ0) is 21.5. The number of anilines is 1. The molecule has 30 heavy (non-hydrogen) atoms. The van der Waals surface area contributed by atoms with Crippen molar-refractivity contribution in [1.29, 1.82) is 5.26 Å². The number of hydrogen-bond acceptors (Lipinski definition) is 3. The van der Waals surface area contributed by atoms with Gasteiger partial charge in [-0.05, 0) is 60.5 Å². The number of ether oxygens (including phenoxy) is 1. The molecule has 0 radical (unpaired) electrons. The summed E-state index contributed by atoms with van der Waals surface area (Å²) in [5, 5.41) is 12.7. The molecule has 0 heterocycles. The molecule has 0 saturated carbocycles. The Bertz CT molecular complexity index is 1130. The minimum Gasteiger partial charge on any atom is -0.488 e. The second-order valence-electron chi connectivity index (χ2n) is 6.54. The van der Waals surface area contributed by atoms with E-state index in [2.05, 4.69) is 5.32 Å². The second kappa shape index (κ2) is 9.73. The Morgan fingerprint density at radius 2 is 1.90 bits per heavy atom. The van der Waals surface area contributed by atoms with Crippen LogP contribution in [0.15, 0.2) is 72.3 Å². The van der Waals surface area contributed by atoms with Crippen LogP contribution in [0.2, 0.25) is 5.02 Å². The maximum absolute atomic E-state index is 13.1. The number of hydrogen-bond donors (Lipinski definition) is 1. The van der Waals surface area contributed by atoms with Crippen LogP contribution >= 0.6 is 11.6 Å². The first-order chi connectivity index (χ1) is 14.5. The van der Waals surface area contributed by atoms with Gasteiger partial charge in [0.2, 0.25) is 0 Å². The molecule has 6 heteroatoms. The number of benzene rings is 3. The molecular formula is C24H18ClFN2O2. The maximum Gasteiger partial charge on any atom is 0.266 e. The number of nitrogens with one attached hydrogen (secondary N) is 1. The van der Waals surface area contributed by atoms with E-state index in [1.807, 2.05) is 25.1 Å². The summed E-state index contributed by atoms with van der Waals surface area (Å²) < 4.78 is 18.9. The average Bonchev–Trinajstić information content (AvgIpc) is 2.74. The normalized spacial score (nSPS) is 10.9. The molecule has 0 atom stereocenters. The van der Waals surface area contributed by atoms with E-state index in [-0.39, 0.29) is 18.0 Å². The van der Waals surface area contributed by atoms with Crippen molar-refractivity contribution in [3.05, 3.63) is 99.8 Å². The highest BCUT2D eigenvalue weighted by atomic mass is 35.5. The number of nitriles is 1. The zero-order valence-corrected chi connectivity index (χ0v) is 16.9. The molecule has 0 aliphatic rings. The number of carbonyl (C=O) groups is 1. The number of amides is 1. The highest BCUT2D eigenvalue weighted by Crippen LogP contribution is 2.27. The van der Waals surface area contributed by atoms with E-state index in [1.165, 1.54) is 18.2 Å². The monoisotopic (exact) mass is 420 g/mol. The molecule has 0 aliphatic heterocycles. The van der Waals surface area contributed by atoms with Crippen LogP contribution in [0.25, 0.3) is 6.08 Å². The highest BCUT2D eigenvalue weighted by molar-refractivity contribution is 6.30. The quantitative estimate of drug-likeness (QED) is 0.398. The SMILES string of the molecule is Cc1ccccc1NC(=O)/C(C#N)=C/c1cc(Cl)ccc1OCc1ccc(F)cc1. The molecule has 3 aromatic rings. The van der Waals surface area contributed by atoms with E-state index in [1.54, 1.807) is 42.5 Å². The molecule has 1 amide bonds. The van der Waals surface area contributed by atoms with E-state index in [9.17, 15) is 14.4 Å². The molecule has 3 aromatic carbocycles. The second-order valence-corrected chi connectivity index (χ2v) is 6.97. The van der Waals surface area contributed by atoms with Crippen LogP contribution in [0.4, 0.5) is 10.1 Å². The Hall–Kier alpha value is -3.62. The average molecular weight is 421 g/mol. The number of aryl methyl sites for hydroxylation is 1. The fourth-order valence-electron chi connectivity index (χ4n) is 2.71. The lowest BCUT2D eigenvalue weighted by molar-refractivity contribution is -0.112. The summed E-state index contributed by atoms with van der Waals surface area (Å²) in [6.45, 7) is 2.06. The Balaban J connectivity index is 1.83. The fraction of sp³-hybridized carbons (Fsp3) is 0.0833. The molecule has 0 spiro atoms. The number of para-hydroxylation sites is 1. The van der Waals surface area contributed by atoms with Gasteiger partial charge in [0.1, 0.15) is 29.8 Å². The zero-order valence-electron chi connectivity index (χ0n) is 16.2. The smallest absolute Gasteiger partial charge is 0.266 e. The van der Waals surface area contributed by atoms with Crippen molar-refractivity contribution in [2.45, 2.75) is 13.5 Å². The third-order valence-corrected chi connectivity index (χ3v) is 4.57. The highest BCUT2D eigenvalue weighted by Gasteiger charge is 2.13. The molecule has 0 fully saturated rings. The predicted molar refractivity (Wildman–Crippen MR) is 116 cm³/mol. The van der Waals surface area contributed by atoms with Gasteiger partial charge in [0, 0.05) is 16.3 Å². The van der Waals surface area contributed by atoms with E-state index in [0.717, 1.165) is 11.1 Å². The topological polar surface area (TPSA) is 62.1 Å². The lowest BCUT2D eigenvalue weighted by Crippen LogP contribution is -2.14. The lowest BCUT2D eigenvalue weighted by Gasteiger charge is -2.11. The van der Waals surface area contributed by atoms with Gasteiger partial charge >= 0.3 is 0 Å². The van der Waals surface area contributed by atoms with E-state index in [0.29, 0.717) is 22.0 Å². The molecule has 150 valence electrons. The van der Waals surface area contributed by atoms with Crippen LogP contribution in [0.1, 0.15) is 16.7 Å². The minimum absolute atomic E-state index is 0.0906. The summed E-state index contributed by atoms with van der Waals surface area (Å²) in [4.78, 5) is 12.6. The van der Waals surface area contributed by atoms with Gasteiger partial charge in [0.05, 0.1) is 0 Å². The molecular weight excluding hydrogens is 403 g/mol. The molecule has 0 saturated heterocycles. The Kier molecular flexibility index (Phi) is 6.84. The lowest BCUT2D eigenvalue weighted by atomic mass is 10.1. The van der Waals surface area contributed by atoms with Crippen molar-refractivity contribution in [3.63, 3.8) is 0 Å². The van der Waals surface area contributed by atoms with Gasteiger partial charge in [0.15, 0.2) is 0 Å². The minimum atomic E-state index is -0.531. The molecule has 4 nitrogen and oxygen atoms in total. The van der Waals surface area contributed by atoms with Crippen molar-refractivity contribution in [2.75, 3.05) is 5.32 Å². The van der Waals surface area contributed by atoms with Crippen molar-refractivity contribution in [2.24, 2.45) is 0 Å². The van der Waals surface area contributed by atoms with Crippen molar-refractivity contribution >= 4 is 29.3 Å². The summed E-state index contributed by atoms with van der Waals surface area (Å²) in [6, 6.07) is 20.1. The Morgan fingerprint density at radius 1 is 1.17 bits per heavy atom. The summed E-state index contributed by atoms with van der Waals surface area (Å²) in [7, 11) is 0. The third kappa shape index (κ3) is 5.47. The molecule has 0 aromatic heterocycles. The third-order valence-electron chi connectivity index (χ3n) is 4.34. The fourth-order valence-corrected chi connectivity index (χ4v) is 2.89. The van der Waals surface area contributed by atoms with Crippen LogP contribution in [0, 0.1) is 24.1 Å². The first kappa shape index (κ1) is 21.1. The van der Waals surface area contributed by atoms with Gasteiger partial charge in [-0.15, -0.1) is 0 Å². The molecule has 0 bridgehead atoms. The van der Waals surface area contributed by atoms with E-state index in [4.69, 9.17) is 16.3 Å². The number of carbonyl (C=O) groups excluding carboxylic acids is 1. The van der Waals surface area contributed by atoms with Crippen molar-refractivity contribution in [1.82, 2.24) is 0 Å². The first-order valence-corrected chi connectivity index (χ1v) is 9.49.